The van der Waals surface area contributed by atoms with Crippen LogP contribution in [0.3, 0.4) is 0 Å². The van der Waals surface area contributed by atoms with Gasteiger partial charge in [-0.3, -0.25) is 4.79 Å². The first-order valence-electron chi connectivity index (χ1n) is 8.39. The second-order valence-corrected chi connectivity index (χ2v) is 8.09. The van der Waals surface area contributed by atoms with Crippen LogP contribution in [0.1, 0.15) is 35.6 Å². The predicted molar refractivity (Wildman–Crippen MR) is 96.6 cm³/mol. The fraction of sp³-hybridized carbons (Fsp3) is 0.316. The van der Waals surface area contributed by atoms with Crippen LogP contribution in [0.25, 0.3) is 0 Å². The highest BCUT2D eigenvalue weighted by molar-refractivity contribution is 7.89. The predicted octanol–water partition coefficient (Wildman–Crippen LogP) is 2.47. The van der Waals surface area contributed by atoms with Crippen molar-refractivity contribution in [1.82, 2.24) is 10.0 Å². The molecule has 2 N–H and O–H groups in total. The molecule has 0 heterocycles. The summed E-state index contributed by atoms with van der Waals surface area (Å²) in [6, 6.07) is 14.7. The number of nitrogens with one attached hydrogen (secondary N) is 2. The summed E-state index contributed by atoms with van der Waals surface area (Å²) < 4.78 is 26.9. The number of hydrogen-bond acceptors (Lipinski definition) is 3. The van der Waals surface area contributed by atoms with Crippen LogP contribution in [0.5, 0.6) is 0 Å². The van der Waals surface area contributed by atoms with E-state index in [4.69, 9.17) is 0 Å². The summed E-state index contributed by atoms with van der Waals surface area (Å²) in [6.07, 6.45) is 1.96. The quantitative estimate of drug-likeness (QED) is 0.833. The highest BCUT2D eigenvalue weighted by Gasteiger charge is 2.23. The summed E-state index contributed by atoms with van der Waals surface area (Å²) in [5.41, 5.74) is 3.43. The van der Waals surface area contributed by atoms with Crippen molar-refractivity contribution in [2.45, 2.75) is 37.1 Å². The zero-order valence-electron chi connectivity index (χ0n) is 14.2. The Hall–Kier alpha value is -2.18. The van der Waals surface area contributed by atoms with Crippen LogP contribution >= 0.6 is 0 Å². The van der Waals surface area contributed by atoms with Crippen molar-refractivity contribution in [3.05, 3.63) is 65.2 Å². The number of carbonyl (C=O) groups excluding carboxylic acids is 1. The minimum absolute atomic E-state index is 0.0254. The van der Waals surface area contributed by atoms with Gasteiger partial charge in [0.25, 0.3) is 0 Å². The van der Waals surface area contributed by atoms with Crippen LogP contribution in [-0.2, 0) is 21.2 Å². The minimum Gasteiger partial charge on any atom is -0.349 e. The zero-order chi connectivity index (χ0) is 17.9. The van der Waals surface area contributed by atoms with Crippen LogP contribution < -0.4 is 10.0 Å². The van der Waals surface area contributed by atoms with Gasteiger partial charge in [0, 0.05) is 13.0 Å². The standard InChI is InChI=1S/C19H22N2O3S/c1-14-6-9-16(10-7-14)25(23,24)20-13-12-19(22)21-18-11-8-15-4-2-3-5-17(15)18/h2-7,9-10,18,20H,8,11-13H2,1H3,(H,21,22). The Morgan fingerprint density at radius 1 is 1.12 bits per heavy atom. The molecule has 0 saturated heterocycles. The lowest BCUT2D eigenvalue weighted by molar-refractivity contribution is -0.121. The van der Waals surface area contributed by atoms with E-state index in [2.05, 4.69) is 16.1 Å². The molecule has 0 saturated carbocycles. The number of rotatable bonds is 6. The van der Waals surface area contributed by atoms with Crippen molar-refractivity contribution in [2.24, 2.45) is 0 Å². The van der Waals surface area contributed by atoms with Gasteiger partial charge in [-0.25, -0.2) is 13.1 Å². The molecule has 1 amide bonds. The summed E-state index contributed by atoms with van der Waals surface area (Å²) in [6.45, 7) is 1.98. The summed E-state index contributed by atoms with van der Waals surface area (Å²) in [7, 11) is -3.58. The Bertz CT molecular complexity index is 860. The molecule has 1 atom stereocenters. The number of hydrogen-bond donors (Lipinski definition) is 2. The normalized spacial score (nSPS) is 16.4. The van der Waals surface area contributed by atoms with Crippen molar-refractivity contribution in [2.75, 3.05) is 6.54 Å². The first-order valence-corrected chi connectivity index (χ1v) is 9.87. The Labute approximate surface area is 148 Å². The van der Waals surface area contributed by atoms with Gasteiger partial charge in [0.1, 0.15) is 0 Å². The molecule has 132 valence electrons. The van der Waals surface area contributed by atoms with Gasteiger partial charge in [-0.1, -0.05) is 42.0 Å². The Balaban J connectivity index is 1.51. The van der Waals surface area contributed by atoms with E-state index in [9.17, 15) is 13.2 Å². The number of benzene rings is 2. The van der Waals surface area contributed by atoms with Gasteiger partial charge in [0.15, 0.2) is 0 Å². The highest BCUT2D eigenvalue weighted by Crippen LogP contribution is 2.30. The van der Waals surface area contributed by atoms with E-state index >= 15 is 0 Å². The van der Waals surface area contributed by atoms with E-state index in [0.29, 0.717) is 0 Å². The fourth-order valence-corrected chi connectivity index (χ4v) is 4.11. The van der Waals surface area contributed by atoms with Gasteiger partial charge < -0.3 is 5.32 Å². The fourth-order valence-electron chi connectivity index (χ4n) is 3.07. The maximum absolute atomic E-state index is 12.2. The number of carbonyl (C=O) groups is 1. The topological polar surface area (TPSA) is 75.3 Å². The molecule has 1 aliphatic rings. The first-order chi connectivity index (χ1) is 12.0. The van der Waals surface area contributed by atoms with E-state index in [-0.39, 0.29) is 29.8 Å². The number of sulfonamides is 1. The summed E-state index contributed by atoms with van der Waals surface area (Å²) >= 11 is 0. The molecular weight excluding hydrogens is 336 g/mol. The maximum Gasteiger partial charge on any atom is 0.240 e. The maximum atomic E-state index is 12.2. The molecule has 0 aliphatic heterocycles. The van der Waals surface area contributed by atoms with E-state index in [1.54, 1.807) is 24.3 Å². The lowest BCUT2D eigenvalue weighted by Gasteiger charge is -2.14. The third kappa shape index (κ3) is 4.27. The molecule has 3 rings (SSSR count). The van der Waals surface area contributed by atoms with Crippen molar-refractivity contribution < 1.29 is 13.2 Å². The Morgan fingerprint density at radius 2 is 1.84 bits per heavy atom. The van der Waals surface area contributed by atoms with Crippen LogP contribution in [-0.4, -0.2) is 20.9 Å². The van der Waals surface area contributed by atoms with Crippen molar-refractivity contribution in [1.29, 1.82) is 0 Å². The molecule has 0 fully saturated rings. The summed E-state index contributed by atoms with van der Waals surface area (Å²) in [5.74, 6) is -0.145. The number of fused-ring (bicyclic) bond motifs is 1. The molecule has 1 unspecified atom stereocenters. The summed E-state index contributed by atoms with van der Waals surface area (Å²) in [4.78, 5) is 12.3. The second kappa shape index (κ2) is 7.37. The average molecular weight is 358 g/mol. The molecular formula is C19H22N2O3S. The zero-order valence-corrected chi connectivity index (χ0v) is 15.0. The van der Waals surface area contributed by atoms with Gasteiger partial charge >= 0.3 is 0 Å². The van der Waals surface area contributed by atoms with Crippen LogP contribution in [0.15, 0.2) is 53.4 Å². The van der Waals surface area contributed by atoms with E-state index in [1.165, 1.54) is 5.56 Å². The monoisotopic (exact) mass is 358 g/mol. The van der Waals surface area contributed by atoms with Crippen LogP contribution in [0.2, 0.25) is 0 Å². The molecule has 2 aromatic rings. The molecule has 1 aliphatic carbocycles. The number of amides is 1. The van der Waals surface area contributed by atoms with Crippen molar-refractivity contribution in [3.63, 3.8) is 0 Å². The minimum atomic E-state index is -3.58. The van der Waals surface area contributed by atoms with Crippen LogP contribution in [0.4, 0.5) is 0 Å². The third-order valence-corrected chi connectivity index (χ3v) is 5.92. The van der Waals surface area contributed by atoms with Crippen molar-refractivity contribution >= 4 is 15.9 Å². The third-order valence-electron chi connectivity index (χ3n) is 4.44. The Kier molecular flexibility index (Phi) is 5.20. The lowest BCUT2D eigenvalue weighted by Crippen LogP contribution is -2.32. The second-order valence-electron chi connectivity index (χ2n) is 6.32. The van der Waals surface area contributed by atoms with E-state index in [0.717, 1.165) is 24.0 Å². The van der Waals surface area contributed by atoms with E-state index in [1.807, 2.05) is 25.1 Å². The van der Waals surface area contributed by atoms with Gasteiger partial charge in [0.2, 0.25) is 15.9 Å². The summed E-state index contributed by atoms with van der Waals surface area (Å²) in [5, 5.41) is 2.99. The van der Waals surface area contributed by atoms with Crippen LogP contribution in [0, 0.1) is 6.92 Å². The van der Waals surface area contributed by atoms with Gasteiger partial charge in [-0.2, -0.15) is 0 Å². The largest absolute Gasteiger partial charge is 0.349 e. The van der Waals surface area contributed by atoms with Gasteiger partial charge in [-0.15, -0.1) is 0 Å². The first kappa shape index (κ1) is 17.6. The lowest BCUT2D eigenvalue weighted by atomic mass is 10.1. The molecule has 0 spiro atoms. The highest BCUT2D eigenvalue weighted by atomic mass is 32.2. The smallest absolute Gasteiger partial charge is 0.240 e. The average Bonchev–Trinajstić information content (AvgIpc) is 2.98. The molecule has 6 heteroatoms. The SMILES string of the molecule is Cc1ccc(S(=O)(=O)NCCC(=O)NC2CCc3ccccc32)cc1. The van der Waals surface area contributed by atoms with E-state index < -0.39 is 10.0 Å². The Morgan fingerprint density at radius 3 is 2.60 bits per heavy atom. The number of aryl methyl sites for hydroxylation is 2. The molecule has 0 aromatic heterocycles. The van der Waals surface area contributed by atoms with Crippen molar-refractivity contribution in [3.8, 4) is 0 Å². The molecule has 0 radical (unpaired) electrons. The molecule has 0 bridgehead atoms. The molecule has 5 nitrogen and oxygen atoms in total. The van der Waals surface area contributed by atoms with Gasteiger partial charge in [0.05, 0.1) is 10.9 Å². The molecule has 2 aromatic carbocycles. The van der Waals surface area contributed by atoms with Gasteiger partial charge in [-0.05, 0) is 43.0 Å². The molecule has 25 heavy (non-hydrogen) atoms.